The van der Waals surface area contributed by atoms with Crippen LogP contribution in [0, 0.1) is 0 Å². The smallest absolute Gasteiger partial charge is 0.394 e. The van der Waals surface area contributed by atoms with E-state index in [9.17, 15) is 18.0 Å². The third kappa shape index (κ3) is 2.03. The molecular weight excluding hydrogens is 253 g/mol. The molecule has 1 aromatic rings. The minimum atomic E-state index is -4.74. The Hall–Kier alpha value is -0.980. The number of halogens is 4. The lowest BCUT2D eigenvalue weighted by Gasteiger charge is -2.10. The van der Waals surface area contributed by atoms with Gasteiger partial charge in [0.2, 0.25) is 0 Å². The number of nitrogen functional groups attached to an aromatic ring is 1. The number of nitrogens with zero attached hydrogens (tertiary/aromatic N) is 1. The fraction of sp³-hybridized carbons (Fsp3) is 0.167. The van der Waals surface area contributed by atoms with Gasteiger partial charge in [-0.15, -0.1) is 13.2 Å². The van der Waals surface area contributed by atoms with Crippen molar-refractivity contribution in [3.8, 4) is 0 Å². The second-order valence-electron chi connectivity index (χ2n) is 2.26. The zero-order chi connectivity index (χ0) is 10.2. The van der Waals surface area contributed by atoms with Crippen molar-refractivity contribution in [2.75, 3.05) is 5.73 Å². The largest absolute Gasteiger partial charge is 0.491 e. The summed E-state index contributed by atoms with van der Waals surface area (Å²) in [6.07, 6.45) is -4.12. The summed E-state index contributed by atoms with van der Waals surface area (Å²) >= 11 is 2.80. The van der Waals surface area contributed by atoms with Crippen molar-refractivity contribution in [3.05, 3.63) is 27.1 Å². The summed E-state index contributed by atoms with van der Waals surface area (Å²) < 4.78 is 36.0. The van der Waals surface area contributed by atoms with E-state index in [4.69, 9.17) is 5.73 Å². The van der Waals surface area contributed by atoms with Crippen molar-refractivity contribution in [1.29, 1.82) is 0 Å². The van der Waals surface area contributed by atoms with Crippen LogP contribution in [-0.2, 0) is 6.30 Å². The van der Waals surface area contributed by atoms with Gasteiger partial charge >= 0.3 is 6.30 Å². The van der Waals surface area contributed by atoms with Crippen LogP contribution in [0.15, 0.2) is 21.5 Å². The molecule has 1 rings (SSSR count). The Morgan fingerprint density at radius 3 is 2.46 bits per heavy atom. The molecule has 72 valence electrons. The van der Waals surface area contributed by atoms with Crippen LogP contribution in [-0.4, -0.2) is 4.57 Å². The summed E-state index contributed by atoms with van der Waals surface area (Å²) in [6, 6.07) is 1.12. The van der Waals surface area contributed by atoms with Gasteiger partial charge in [0.25, 0.3) is 5.56 Å². The van der Waals surface area contributed by atoms with Crippen LogP contribution in [0.5, 0.6) is 0 Å². The first-order chi connectivity index (χ1) is 5.82. The highest BCUT2D eigenvalue weighted by molar-refractivity contribution is 9.10. The number of anilines is 1. The number of pyridine rings is 1. The molecule has 0 atom stereocenters. The molecule has 0 saturated carbocycles. The van der Waals surface area contributed by atoms with E-state index in [1.807, 2.05) is 0 Å². The monoisotopic (exact) mass is 256 g/mol. The van der Waals surface area contributed by atoms with Gasteiger partial charge in [-0.2, -0.15) is 0 Å². The Morgan fingerprint density at radius 1 is 1.46 bits per heavy atom. The van der Waals surface area contributed by atoms with E-state index in [2.05, 4.69) is 15.9 Å². The van der Waals surface area contributed by atoms with E-state index in [0.717, 1.165) is 6.07 Å². The van der Waals surface area contributed by atoms with Gasteiger partial charge < -0.3 is 5.73 Å². The number of aromatic nitrogens is 1. The van der Waals surface area contributed by atoms with E-state index in [-0.39, 0.29) is 9.04 Å². The average molecular weight is 257 g/mol. The SMILES string of the molecule is Nc1cc(Br)cn(C(F)(F)F)c1=O. The van der Waals surface area contributed by atoms with Gasteiger partial charge in [0, 0.05) is 10.7 Å². The van der Waals surface area contributed by atoms with Crippen LogP contribution < -0.4 is 11.3 Å². The van der Waals surface area contributed by atoms with Crippen molar-refractivity contribution in [2.24, 2.45) is 0 Å². The molecule has 0 spiro atoms. The minimum absolute atomic E-state index is 0.0990. The first-order valence-electron chi connectivity index (χ1n) is 3.07. The first-order valence-corrected chi connectivity index (χ1v) is 3.86. The number of hydrogen-bond donors (Lipinski definition) is 1. The summed E-state index contributed by atoms with van der Waals surface area (Å²) in [5, 5.41) is 0. The molecule has 7 heteroatoms. The highest BCUT2D eigenvalue weighted by atomic mass is 79.9. The Kier molecular flexibility index (Phi) is 2.38. The molecule has 13 heavy (non-hydrogen) atoms. The molecule has 0 unspecified atom stereocenters. The number of alkyl halides is 3. The number of hydrogen-bond acceptors (Lipinski definition) is 2. The maximum absolute atomic E-state index is 12.1. The quantitative estimate of drug-likeness (QED) is 0.768. The molecule has 2 N–H and O–H groups in total. The summed E-state index contributed by atoms with van der Waals surface area (Å²) in [6.45, 7) is 0. The number of rotatable bonds is 0. The molecule has 0 radical (unpaired) electrons. The molecule has 0 aliphatic heterocycles. The summed E-state index contributed by atoms with van der Waals surface area (Å²) in [7, 11) is 0. The van der Waals surface area contributed by atoms with Gasteiger partial charge in [-0.3, -0.25) is 4.79 Å². The normalized spacial score (nSPS) is 11.7. The van der Waals surface area contributed by atoms with Crippen molar-refractivity contribution in [1.82, 2.24) is 4.57 Å². The molecule has 0 aliphatic carbocycles. The lowest BCUT2D eigenvalue weighted by atomic mass is 10.4. The topological polar surface area (TPSA) is 48.0 Å². The summed E-state index contributed by atoms with van der Waals surface area (Å²) in [5.74, 6) is 0. The standard InChI is InChI=1S/C6H4BrF3N2O/c7-3-1-4(11)5(13)12(2-3)6(8,9)10/h1-2H,11H2. The van der Waals surface area contributed by atoms with Crippen LogP contribution in [0.25, 0.3) is 0 Å². The van der Waals surface area contributed by atoms with Crippen molar-refractivity contribution < 1.29 is 13.2 Å². The van der Waals surface area contributed by atoms with Gasteiger partial charge in [-0.25, -0.2) is 4.57 Å². The van der Waals surface area contributed by atoms with Crippen molar-refractivity contribution in [3.63, 3.8) is 0 Å². The molecule has 3 nitrogen and oxygen atoms in total. The maximum Gasteiger partial charge on any atom is 0.491 e. The van der Waals surface area contributed by atoms with E-state index in [1.54, 1.807) is 0 Å². The third-order valence-electron chi connectivity index (χ3n) is 1.28. The second-order valence-corrected chi connectivity index (χ2v) is 3.17. The zero-order valence-electron chi connectivity index (χ0n) is 6.10. The molecule has 1 heterocycles. The van der Waals surface area contributed by atoms with Crippen LogP contribution >= 0.6 is 15.9 Å². The predicted octanol–water partition coefficient (Wildman–Crippen LogP) is 1.67. The van der Waals surface area contributed by atoms with Crippen molar-refractivity contribution in [2.45, 2.75) is 6.30 Å². The van der Waals surface area contributed by atoms with Gasteiger partial charge in [0.05, 0.1) is 5.69 Å². The maximum atomic E-state index is 12.1. The van der Waals surface area contributed by atoms with Gasteiger partial charge in [0.15, 0.2) is 0 Å². The predicted molar refractivity (Wildman–Crippen MR) is 44.1 cm³/mol. The second kappa shape index (κ2) is 3.06. The molecule has 0 amide bonds. The van der Waals surface area contributed by atoms with Crippen LogP contribution in [0.1, 0.15) is 0 Å². The third-order valence-corrected chi connectivity index (χ3v) is 1.72. The highest BCUT2D eigenvalue weighted by Gasteiger charge is 2.32. The lowest BCUT2D eigenvalue weighted by molar-refractivity contribution is -0.206. The van der Waals surface area contributed by atoms with E-state index in [0.29, 0.717) is 6.20 Å². The van der Waals surface area contributed by atoms with Gasteiger partial charge in [-0.05, 0) is 22.0 Å². The van der Waals surface area contributed by atoms with Crippen molar-refractivity contribution >= 4 is 21.6 Å². The number of nitrogens with two attached hydrogens (primary N) is 1. The van der Waals surface area contributed by atoms with Crippen LogP contribution in [0.3, 0.4) is 0 Å². The zero-order valence-corrected chi connectivity index (χ0v) is 7.69. The van der Waals surface area contributed by atoms with Crippen LogP contribution in [0.2, 0.25) is 0 Å². The minimum Gasteiger partial charge on any atom is -0.394 e. The van der Waals surface area contributed by atoms with Gasteiger partial charge in [0.1, 0.15) is 0 Å². The van der Waals surface area contributed by atoms with Crippen LogP contribution in [0.4, 0.5) is 18.9 Å². The molecule has 0 aromatic carbocycles. The highest BCUT2D eigenvalue weighted by Crippen LogP contribution is 2.22. The molecule has 0 fully saturated rings. The lowest BCUT2D eigenvalue weighted by Crippen LogP contribution is -2.31. The fourth-order valence-corrected chi connectivity index (χ4v) is 1.21. The van der Waals surface area contributed by atoms with E-state index in [1.165, 1.54) is 0 Å². The molecule has 0 bridgehead atoms. The molecule has 1 aromatic heterocycles. The summed E-state index contributed by atoms with van der Waals surface area (Å²) in [4.78, 5) is 10.9. The Bertz CT molecular complexity index is 384. The summed E-state index contributed by atoms with van der Waals surface area (Å²) in [5.41, 5.74) is 3.33. The molecule has 0 aliphatic rings. The Labute approximate surface area is 79.1 Å². The fourth-order valence-electron chi connectivity index (χ4n) is 0.757. The van der Waals surface area contributed by atoms with E-state index < -0.39 is 17.5 Å². The Balaban J connectivity index is 3.47. The molecule has 0 saturated heterocycles. The average Bonchev–Trinajstić information content (AvgIpc) is 1.94. The first kappa shape index (κ1) is 10.1. The van der Waals surface area contributed by atoms with E-state index >= 15 is 0 Å². The molecular formula is C6H4BrF3N2O. The Morgan fingerprint density at radius 2 is 2.00 bits per heavy atom. The van der Waals surface area contributed by atoms with Gasteiger partial charge in [-0.1, -0.05) is 0 Å².